The highest BCUT2D eigenvalue weighted by atomic mass is 32.1. The molecule has 0 fully saturated rings. The Morgan fingerprint density at radius 2 is 1.61 bits per heavy atom. The lowest BCUT2D eigenvalue weighted by molar-refractivity contribution is 1.64. The maximum atomic E-state index is 12.9. The average Bonchev–Trinajstić information content (AvgIpc) is 2.62. The van der Waals surface area contributed by atoms with Crippen LogP contribution in [0.15, 0.2) is 78.1 Å². The monoisotopic (exact) mass is 314 g/mol. The van der Waals surface area contributed by atoms with Gasteiger partial charge in [-0.15, -0.1) is 11.3 Å². The van der Waals surface area contributed by atoms with Gasteiger partial charge in [-0.2, -0.15) is 0 Å². The largest absolute Gasteiger partial charge is 0.289 e. The molecule has 2 heteroatoms. The molecule has 0 amide bonds. The highest BCUT2D eigenvalue weighted by molar-refractivity contribution is 7.24. The summed E-state index contributed by atoms with van der Waals surface area (Å²) in [6.45, 7) is 3.79. The van der Waals surface area contributed by atoms with E-state index in [4.69, 9.17) is 0 Å². The molecule has 0 aliphatic carbocycles. The summed E-state index contributed by atoms with van der Waals surface area (Å²) in [7, 11) is 0. The summed E-state index contributed by atoms with van der Waals surface area (Å²) in [4.78, 5) is 12.9. The predicted molar refractivity (Wildman–Crippen MR) is 101 cm³/mol. The minimum Gasteiger partial charge on any atom is -0.289 e. The molecule has 0 N–H and O–H groups in total. The first kappa shape index (κ1) is 13.9. The molecule has 110 valence electrons. The fourth-order valence-corrected chi connectivity index (χ4v) is 3.91. The molecular weight excluding hydrogens is 300 g/mol. The van der Waals surface area contributed by atoms with Gasteiger partial charge in [0.05, 0.1) is 0 Å². The van der Waals surface area contributed by atoms with Crippen LogP contribution in [0.25, 0.3) is 37.4 Å². The molecule has 3 aromatic carbocycles. The van der Waals surface area contributed by atoms with Gasteiger partial charge in [-0.05, 0) is 41.0 Å². The topological polar surface area (TPSA) is 17.1 Å². The molecule has 0 aliphatic heterocycles. The third-order valence-corrected chi connectivity index (χ3v) is 5.17. The standard InChI is InChI=1S/C21H14OS/c1-2-14-8-10-17-20(12-14)23-19-11-9-16(13-18(19)21(17)22)15-6-4-3-5-7-15/h2-13H,1H2. The molecule has 1 heterocycles. The first-order chi connectivity index (χ1) is 11.3. The molecule has 0 saturated heterocycles. The van der Waals surface area contributed by atoms with Crippen LogP contribution < -0.4 is 5.43 Å². The van der Waals surface area contributed by atoms with Gasteiger partial charge in [-0.25, -0.2) is 0 Å². The van der Waals surface area contributed by atoms with Crippen molar-refractivity contribution in [1.29, 1.82) is 0 Å². The Hall–Kier alpha value is -2.71. The Bertz CT molecular complexity index is 1090. The van der Waals surface area contributed by atoms with E-state index in [0.29, 0.717) is 0 Å². The summed E-state index contributed by atoms with van der Waals surface area (Å²) in [6.07, 6.45) is 1.80. The van der Waals surface area contributed by atoms with Crippen molar-refractivity contribution < 1.29 is 0 Å². The van der Waals surface area contributed by atoms with Crippen molar-refractivity contribution in [2.75, 3.05) is 0 Å². The van der Waals surface area contributed by atoms with Crippen LogP contribution >= 0.6 is 11.3 Å². The minimum absolute atomic E-state index is 0.0992. The minimum atomic E-state index is 0.0992. The van der Waals surface area contributed by atoms with Gasteiger partial charge in [0.25, 0.3) is 0 Å². The molecule has 0 atom stereocenters. The molecule has 4 aromatic rings. The average molecular weight is 314 g/mol. The summed E-state index contributed by atoms with van der Waals surface area (Å²) in [5.74, 6) is 0. The fraction of sp³-hybridized carbons (Fsp3) is 0. The molecule has 23 heavy (non-hydrogen) atoms. The van der Waals surface area contributed by atoms with Crippen molar-refractivity contribution in [3.05, 3.63) is 89.1 Å². The van der Waals surface area contributed by atoms with Crippen LogP contribution in [0.1, 0.15) is 5.56 Å². The number of rotatable bonds is 2. The van der Waals surface area contributed by atoms with Crippen LogP contribution in [-0.4, -0.2) is 0 Å². The SMILES string of the molecule is C=Cc1ccc2c(=O)c3cc(-c4ccccc4)ccc3sc2c1. The van der Waals surface area contributed by atoms with Crippen molar-refractivity contribution in [1.82, 2.24) is 0 Å². The van der Waals surface area contributed by atoms with Crippen LogP contribution in [0.2, 0.25) is 0 Å². The quantitative estimate of drug-likeness (QED) is 0.432. The Kier molecular flexibility index (Phi) is 3.32. The van der Waals surface area contributed by atoms with Gasteiger partial charge in [0, 0.05) is 20.2 Å². The summed E-state index contributed by atoms with van der Waals surface area (Å²) in [6, 6.07) is 22.1. The number of fused-ring (bicyclic) bond motifs is 2. The second kappa shape index (κ2) is 5.49. The lowest BCUT2D eigenvalue weighted by Crippen LogP contribution is -2.01. The summed E-state index contributed by atoms with van der Waals surface area (Å²) in [5.41, 5.74) is 3.33. The summed E-state index contributed by atoms with van der Waals surface area (Å²) < 4.78 is 2.02. The fourth-order valence-electron chi connectivity index (χ4n) is 2.81. The molecule has 0 aliphatic rings. The van der Waals surface area contributed by atoms with Crippen molar-refractivity contribution in [2.24, 2.45) is 0 Å². The molecule has 1 nitrogen and oxygen atoms in total. The van der Waals surface area contributed by atoms with E-state index in [1.165, 1.54) is 0 Å². The zero-order valence-corrected chi connectivity index (χ0v) is 13.3. The Morgan fingerprint density at radius 3 is 2.39 bits per heavy atom. The van der Waals surface area contributed by atoms with E-state index >= 15 is 0 Å². The van der Waals surface area contributed by atoms with E-state index in [-0.39, 0.29) is 5.43 Å². The lowest BCUT2D eigenvalue weighted by Gasteiger charge is -2.05. The van der Waals surface area contributed by atoms with E-state index < -0.39 is 0 Å². The van der Waals surface area contributed by atoms with Crippen LogP contribution in [0, 0.1) is 0 Å². The highest BCUT2D eigenvalue weighted by Crippen LogP contribution is 2.29. The zero-order chi connectivity index (χ0) is 15.8. The zero-order valence-electron chi connectivity index (χ0n) is 12.5. The summed E-state index contributed by atoms with van der Waals surface area (Å²) in [5, 5.41) is 1.56. The van der Waals surface area contributed by atoms with Gasteiger partial charge in [0.15, 0.2) is 5.43 Å². The van der Waals surface area contributed by atoms with Crippen LogP contribution in [0.5, 0.6) is 0 Å². The van der Waals surface area contributed by atoms with Crippen LogP contribution in [0.4, 0.5) is 0 Å². The predicted octanol–water partition coefficient (Wildman–Crippen LogP) is 5.72. The first-order valence-electron chi connectivity index (χ1n) is 7.45. The van der Waals surface area contributed by atoms with Crippen molar-refractivity contribution in [3.63, 3.8) is 0 Å². The van der Waals surface area contributed by atoms with Crippen molar-refractivity contribution >= 4 is 37.6 Å². The number of hydrogen-bond donors (Lipinski definition) is 0. The lowest BCUT2D eigenvalue weighted by atomic mass is 10.0. The van der Waals surface area contributed by atoms with Gasteiger partial charge in [-0.3, -0.25) is 4.79 Å². The van der Waals surface area contributed by atoms with E-state index in [1.54, 1.807) is 17.4 Å². The molecule has 0 radical (unpaired) electrons. The van der Waals surface area contributed by atoms with E-state index in [1.807, 2.05) is 48.5 Å². The molecule has 0 saturated carbocycles. The van der Waals surface area contributed by atoms with Gasteiger partial charge >= 0.3 is 0 Å². The van der Waals surface area contributed by atoms with E-state index in [2.05, 4.69) is 24.8 Å². The van der Waals surface area contributed by atoms with Crippen LogP contribution in [-0.2, 0) is 0 Å². The molecule has 1 aromatic heterocycles. The third kappa shape index (κ3) is 2.37. The second-order valence-corrected chi connectivity index (χ2v) is 6.55. The molecule has 4 rings (SSSR count). The smallest absolute Gasteiger partial charge is 0.195 e. The molecular formula is C21H14OS. The molecule has 0 spiro atoms. The number of benzene rings is 3. The molecule has 0 unspecified atom stereocenters. The van der Waals surface area contributed by atoms with E-state index in [9.17, 15) is 4.79 Å². The van der Waals surface area contributed by atoms with E-state index in [0.717, 1.165) is 36.9 Å². The molecule has 0 bridgehead atoms. The number of hydrogen-bond acceptors (Lipinski definition) is 2. The maximum absolute atomic E-state index is 12.9. The second-order valence-electron chi connectivity index (χ2n) is 5.47. The normalized spacial score (nSPS) is 11.0. The Labute approximate surface area is 138 Å². The first-order valence-corrected chi connectivity index (χ1v) is 8.26. The van der Waals surface area contributed by atoms with Gasteiger partial charge in [0.1, 0.15) is 0 Å². The van der Waals surface area contributed by atoms with Crippen molar-refractivity contribution in [2.45, 2.75) is 0 Å². The van der Waals surface area contributed by atoms with Gasteiger partial charge in [0.2, 0.25) is 0 Å². The highest BCUT2D eigenvalue weighted by Gasteiger charge is 2.08. The van der Waals surface area contributed by atoms with Gasteiger partial charge < -0.3 is 0 Å². The maximum Gasteiger partial charge on any atom is 0.195 e. The Morgan fingerprint density at radius 1 is 0.783 bits per heavy atom. The third-order valence-electron chi connectivity index (χ3n) is 4.04. The van der Waals surface area contributed by atoms with Gasteiger partial charge in [-0.1, -0.05) is 55.1 Å². The van der Waals surface area contributed by atoms with Crippen molar-refractivity contribution in [3.8, 4) is 11.1 Å². The Balaban J connectivity index is 2.02. The summed E-state index contributed by atoms with van der Waals surface area (Å²) >= 11 is 1.65. The van der Waals surface area contributed by atoms with Crippen LogP contribution in [0.3, 0.4) is 0 Å².